The Kier molecular flexibility index (Phi) is 4.93. The van der Waals surface area contributed by atoms with E-state index in [9.17, 15) is 5.11 Å². The van der Waals surface area contributed by atoms with Crippen LogP contribution in [0.4, 0.5) is 0 Å². The van der Waals surface area contributed by atoms with Crippen LogP contribution in [-0.4, -0.2) is 35.7 Å². The summed E-state index contributed by atoms with van der Waals surface area (Å²) in [5.41, 5.74) is 0.0117. The summed E-state index contributed by atoms with van der Waals surface area (Å²) in [6.45, 7) is 11.5. The first-order valence-corrected chi connectivity index (χ1v) is 5.13. The molecule has 0 amide bonds. The van der Waals surface area contributed by atoms with Gasteiger partial charge < -0.3 is 10.0 Å². The molecule has 0 aromatic heterocycles. The lowest BCUT2D eigenvalue weighted by Crippen LogP contribution is -2.33. The number of rotatable bonds is 4. The van der Waals surface area contributed by atoms with Gasteiger partial charge in [-0.1, -0.05) is 20.8 Å². The molecule has 13 heavy (non-hydrogen) atoms. The molecule has 0 aliphatic rings. The lowest BCUT2D eigenvalue weighted by molar-refractivity contribution is 0.0455. The molecule has 0 saturated carbocycles. The lowest BCUT2D eigenvalue weighted by Gasteiger charge is -2.29. The first-order chi connectivity index (χ1) is 5.75. The largest absolute Gasteiger partial charge is 0.393 e. The third-order valence-corrected chi connectivity index (χ3v) is 2.64. The minimum absolute atomic E-state index is 0.0117. The van der Waals surface area contributed by atoms with Gasteiger partial charge in [0.05, 0.1) is 6.10 Å². The quantitative estimate of drug-likeness (QED) is 0.729. The Morgan fingerprint density at radius 1 is 1.23 bits per heavy atom. The van der Waals surface area contributed by atoms with Crippen LogP contribution >= 0.6 is 0 Å². The third-order valence-electron chi connectivity index (χ3n) is 2.64. The molecule has 80 valence electrons. The maximum absolute atomic E-state index is 9.79. The van der Waals surface area contributed by atoms with Gasteiger partial charge in [0.25, 0.3) is 0 Å². The predicted octanol–water partition coefficient (Wildman–Crippen LogP) is 2.12. The van der Waals surface area contributed by atoms with E-state index in [4.69, 9.17) is 0 Å². The second kappa shape index (κ2) is 4.97. The Balaban J connectivity index is 3.77. The van der Waals surface area contributed by atoms with E-state index in [0.717, 1.165) is 13.0 Å². The van der Waals surface area contributed by atoms with Crippen LogP contribution in [0.3, 0.4) is 0 Å². The van der Waals surface area contributed by atoms with E-state index >= 15 is 0 Å². The molecule has 0 aromatic carbocycles. The van der Waals surface area contributed by atoms with E-state index < -0.39 is 0 Å². The van der Waals surface area contributed by atoms with Gasteiger partial charge in [-0.15, -0.1) is 0 Å². The summed E-state index contributed by atoms with van der Waals surface area (Å²) >= 11 is 0. The van der Waals surface area contributed by atoms with Gasteiger partial charge in [-0.2, -0.15) is 0 Å². The second-order valence-corrected chi connectivity index (χ2v) is 5.24. The number of aliphatic hydroxyl groups is 1. The zero-order valence-corrected chi connectivity index (χ0v) is 9.96. The Morgan fingerprint density at radius 3 is 2.00 bits per heavy atom. The molecule has 2 nitrogen and oxygen atoms in total. The van der Waals surface area contributed by atoms with Crippen molar-refractivity contribution in [2.75, 3.05) is 13.6 Å². The molecule has 0 fully saturated rings. The summed E-state index contributed by atoms with van der Waals surface area (Å²) in [6.07, 6.45) is 0.659. The average molecular weight is 187 g/mol. The maximum atomic E-state index is 9.79. The number of hydrogen-bond donors (Lipinski definition) is 1. The van der Waals surface area contributed by atoms with Gasteiger partial charge >= 0.3 is 0 Å². The monoisotopic (exact) mass is 187 g/mol. The fraction of sp³-hybridized carbons (Fsp3) is 1.00. The molecule has 0 aromatic rings. The van der Waals surface area contributed by atoms with Crippen LogP contribution in [0.1, 0.15) is 41.0 Å². The molecular formula is C11H25NO. The van der Waals surface area contributed by atoms with Crippen LogP contribution in [0, 0.1) is 5.41 Å². The first-order valence-electron chi connectivity index (χ1n) is 5.13. The van der Waals surface area contributed by atoms with Crippen LogP contribution < -0.4 is 0 Å². The van der Waals surface area contributed by atoms with E-state index in [1.165, 1.54) is 0 Å². The van der Waals surface area contributed by atoms with Crippen molar-refractivity contribution >= 4 is 0 Å². The third kappa shape index (κ3) is 5.27. The highest BCUT2D eigenvalue weighted by Gasteiger charge is 2.22. The van der Waals surface area contributed by atoms with Crippen LogP contribution in [0.2, 0.25) is 0 Å². The molecule has 0 bridgehead atoms. The highest BCUT2D eigenvalue weighted by atomic mass is 16.3. The van der Waals surface area contributed by atoms with Crippen molar-refractivity contribution in [3.05, 3.63) is 0 Å². The van der Waals surface area contributed by atoms with Crippen molar-refractivity contribution in [2.45, 2.75) is 53.2 Å². The van der Waals surface area contributed by atoms with Gasteiger partial charge in [-0.25, -0.2) is 0 Å². The minimum Gasteiger partial charge on any atom is -0.393 e. The normalized spacial score (nSPS) is 15.5. The smallest absolute Gasteiger partial charge is 0.0600 e. The van der Waals surface area contributed by atoms with E-state index in [1.54, 1.807) is 0 Å². The van der Waals surface area contributed by atoms with Gasteiger partial charge in [-0.05, 0) is 32.7 Å². The average Bonchev–Trinajstić information content (AvgIpc) is 1.97. The molecule has 1 unspecified atom stereocenters. The molecule has 0 aliphatic carbocycles. The van der Waals surface area contributed by atoms with E-state index in [1.807, 2.05) is 0 Å². The molecular weight excluding hydrogens is 162 g/mol. The van der Waals surface area contributed by atoms with E-state index in [-0.39, 0.29) is 11.5 Å². The maximum Gasteiger partial charge on any atom is 0.0600 e. The fourth-order valence-corrected chi connectivity index (χ4v) is 1.02. The van der Waals surface area contributed by atoms with Gasteiger partial charge in [0.1, 0.15) is 0 Å². The van der Waals surface area contributed by atoms with Gasteiger partial charge in [0, 0.05) is 12.6 Å². The molecule has 0 rings (SSSR count). The number of hydrogen-bond acceptors (Lipinski definition) is 2. The molecule has 1 atom stereocenters. The molecule has 0 spiro atoms. The summed E-state index contributed by atoms with van der Waals surface area (Å²) in [4.78, 5) is 2.26. The minimum atomic E-state index is -0.200. The second-order valence-electron chi connectivity index (χ2n) is 5.24. The van der Waals surface area contributed by atoms with Crippen molar-refractivity contribution < 1.29 is 5.11 Å². The summed E-state index contributed by atoms with van der Waals surface area (Å²) in [5, 5.41) is 9.79. The van der Waals surface area contributed by atoms with Crippen molar-refractivity contribution in [1.29, 1.82) is 0 Å². The highest BCUT2D eigenvalue weighted by molar-refractivity contribution is 4.74. The molecule has 1 N–H and O–H groups in total. The van der Waals surface area contributed by atoms with Gasteiger partial charge in [0.2, 0.25) is 0 Å². The van der Waals surface area contributed by atoms with Gasteiger partial charge in [0.15, 0.2) is 0 Å². The van der Waals surface area contributed by atoms with E-state index in [0.29, 0.717) is 6.04 Å². The Hall–Kier alpha value is -0.0800. The number of nitrogens with zero attached hydrogens (tertiary/aromatic N) is 1. The Morgan fingerprint density at radius 2 is 1.69 bits per heavy atom. The number of aliphatic hydroxyl groups excluding tert-OH is 1. The predicted molar refractivity (Wildman–Crippen MR) is 57.8 cm³/mol. The van der Waals surface area contributed by atoms with E-state index in [2.05, 4.69) is 46.6 Å². The molecule has 0 saturated heterocycles. The lowest BCUT2D eigenvalue weighted by atomic mass is 9.87. The standard InChI is InChI=1S/C11H25NO/c1-9(2)12(6)8-7-10(13)11(3,4)5/h9-10,13H,7-8H2,1-6H3. The molecule has 0 heterocycles. The first kappa shape index (κ1) is 12.9. The van der Waals surface area contributed by atoms with Gasteiger partial charge in [-0.3, -0.25) is 0 Å². The summed E-state index contributed by atoms with van der Waals surface area (Å²) in [6, 6.07) is 0.562. The molecule has 0 aliphatic heterocycles. The van der Waals surface area contributed by atoms with Crippen molar-refractivity contribution in [2.24, 2.45) is 5.41 Å². The zero-order valence-electron chi connectivity index (χ0n) is 9.96. The summed E-state index contributed by atoms with van der Waals surface area (Å²) in [7, 11) is 2.10. The fourth-order valence-electron chi connectivity index (χ4n) is 1.02. The van der Waals surface area contributed by atoms with Crippen LogP contribution in [0.25, 0.3) is 0 Å². The summed E-state index contributed by atoms with van der Waals surface area (Å²) < 4.78 is 0. The highest BCUT2D eigenvalue weighted by Crippen LogP contribution is 2.21. The van der Waals surface area contributed by atoms with Crippen molar-refractivity contribution in [1.82, 2.24) is 4.90 Å². The Bertz CT molecular complexity index is 138. The molecule has 0 radical (unpaired) electrons. The Labute approximate surface area is 82.9 Å². The van der Waals surface area contributed by atoms with Crippen LogP contribution in [0.5, 0.6) is 0 Å². The van der Waals surface area contributed by atoms with Crippen LogP contribution in [-0.2, 0) is 0 Å². The molecule has 2 heteroatoms. The van der Waals surface area contributed by atoms with Crippen LogP contribution in [0.15, 0.2) is 0 Å². The van der Waals surface area contributed by atoms with Crippen molar-refractivity contribution in [3.63, 3.8) is 0 Å². The topological polar surface area (TPSA) is 23.5 Å². The van der Waals surface area contributed by atoms with Crippen molar-refractivity contribution in [3.8, 4) is 0 Å². The summed E-state index contributed by atoms with van der Waals surface area (Å²) in [5.74, 6) is 0. The SMILES string of the molecule is CC(C)N(C)CCC(O)C(C)(C)C. The zero-order chi connectivity index (χ0) is 10.6.